The van der Waals surface area contributed by atoms with E-state index in [9.17, 15) is 4.79 Å². The molecule has 0 aliphatic rings. The topological polar surface area (TPSA) is 30.2 Å². The van der Waals surface area contributed by atoms with Crippen molar-refractivity contribution in [3.8, 4) is 12.3 Å². The van der Waals surface area contributed by atoms with Crippen LogP contribution in [0.3, 0.4) is 0 Å². The Balaban J connectivity index is 2.54. The van der Waals surface area contributed by atoms with E-state index in [4.69, 9.17) is 10.8 Å². The molecule has 2 aromatic rings. The highest BCUT2D eigenvalue weighted by Crippen LogP contribution is 2.21. The number of carbonyl (C=O) groups is 1. The van der Waals surface area contributed by atoms with Crippen LogP contribution in [0.25, 0.3) is 11.0 Å². The normalized spacial score (nSPS) is 9.93. The number of ketones is 1. The number of Topliss-reactive ketones (excluding diaryl/α,β-unsaturated/α-hetero) is 1. The Bertz CT molecular complexity index is 514. The minimum absolute atomic E-state index is 0.0718. The molecule has 0 aliphatic heterocycles. The van der Waals surface area contributed by atoms with Crippen LogP contribution in [0.5, 0.6) is 0 Å². The minimum atomic E-state index is -0.0718. The second-order valence-corrected chi connectivity index (χ2v) is 2.95. The van der Waals surface area contributed by atoms with Gasteiger partial charge < -0.3 is 4.42 Å². The van der Waals surface area contributed by atoms with E-state index in [1.165, 1.54) is 6.26 Å². The molecule has 2 heteroatoms. The third-order valence-corrected chi connectivity index (χ3v) is 2.04. The SMILES string of the molecule is C#CCC(=O)c1coc2ccccc12. The molecule has 1 heterocycles. The number of carbonyl (C=O) groups excluding carboxylic acids is 1. The summed E-state index contributed by atoms with van der Waals surface area (Å²) < 4.78 is 5.23. The van der Waals surface area contributed by atoms with Crippen LogP contribution in [0.15, 0.2) is 34.9 Å². The summed E-state index contributed by atoms with van der Waals surface area (Å²) in [6, 6.07) is 7.40. The lowest BCUT2D eigenvalue weighted by Crippen LogP contribution is -1.94. The predicted molar refractivity (Wildman–Crippen MR) is 54.0 cm³/mol. The van der Waals surface area contributed by atoms with E-state index in [-0.39, 0.29) is 12.2 Å². The number of furan rings is 1. The van der Waals surface area contributed by atoms with Crippen molar-refractivity contribution >= 4 is 16.8 Å². The molecule has 2 rings (SSSR count). The summed E-state index contributed by atoms with van der Waals surface area (Å²) in [5.41, 5.74) is 1.28. The van der Waals surface area contributed by atoms with Crippen LogP contribution in [-0.2, 0) is 0 Å². The number of para-hydroxylation sites is 1. The van der Waals surface area contributed by atoms with Crippen LogP contribution >= 0.6 is 0 Å². The van der Waals surface area contributed by atoms with Gasteiger partial charge in [-0.2, -0.15) is 0 Å². The number of fused-ring (bicyclic) bond motifs is 1. The second-order valence-electron chi connectivity index (χ2n) is 2.95. The lowest BCUT2D eigenvalue weighted by Gasteiger charge is -1.91. The van der Waals surface area contributed by atoms with Gasteiger partial charge in [0.05, 0.1) is 12.0 Å². The number of benzene rings is 1. The summed E-state index contributed by atoms with van der Waals surface area (Å²) in [7, 11) is 0. The van der Waals surface area contributed by atoms with Gasteiger partial charge in [-0.15, -0.1) is 6.42 Å². The van der Waals surface area contributed by atoms with Crippen molar-refractivity contribution in [2.24, 2.45) is 0 Å². The molecule has 0 unspecified atom stereocenters. The van der Waals surface area contributed by atoms with Gasteiger partial charge in [0.2, 0.25) is 0 Å². The van der Waals surface area contributed by atoms with E-state index in [0.717, 1.165) is 5.39 Å². The predicted octanol–water partition coefficient (Wildman–Crippen LogP) is 2.64. The average Bonchev–Trinajstić information content (AvgIpc) is 2.61. The van der Waals surface area contributed by atoms with E-state index < -0.39 is 0 Å². The van der Waals surface area contributed by atoms with Crippen LogP contribution in [-0.4, -0.2) is 5.78 Å². The summed E-state index contributed by atoms with van der Waals surface area (Å²) in [5.74, 6) is 2.26. The maximum Gasteiger partial charge on any atom is 0.178 e. The van der Waals surface area contributed by atoms with Gasteiger partial charge in [0.1, 0.15) is 11.8 Å². The standard InChI is InChI=1S/C12H8O2/c1-2-5-11(13)10-8-14-12-7-4-3-6-9(10)12/h1,3-4,6-8H,5H2. The van der Waals surface area contributed by atoms with E-state index in [2.05, 4.69) is 5.92 Å². The first-order valence-corrected chi connectivity index (χ1v) is 4.26. The zero-order valence-electron chi connectivity index (χ0n) is 7.49. The van der Waals surface area contributed by atoms with Gasteiger partial charge >= 0.3 is 0 Å². The van der Waals surface area contributed by atoms with Crippen molar-refractivity contribution in [1.29, 1.82) is 0 Å². The Morgan fingerprint density at radius 1 is 1.43 bits per heavy atom. The van der Waals surface area contributed by atoms with Gasteiger partial charge in [-0.05, 0) is 6.07 Å². The van der Waals surface area contributed by atoms with Crippen LogP contribution in [0, 0.1) is 12.3 Å². The van der Waals surface area contributed by atoms with Crippen LogP contribution < -0.4 is 0 Å². The fourth-order valence-electron chi connectivity index (χ4n) is 1.38. The van der Waals surface area contributed by atoms with Crippen molar-refractivity contribution in [2.75, 3.05) is 0 Å². The van der Waals surface area contributed by atoms with E-state index in [1.54, 1.807) is 0 Å². The molecule has 0 saturated carbocycles. The summed E-state index contributed by atoms with van der Waals surface area (Å²) in [6.07, 6.45) is 6.66. The monoisotopic (exact) mass is 184 g/mol. The number of rotatable bonds is 2. The largest absolute Gasteiger partial charge is 0.464 e. The molecule has 0 radical (unpaired) electrons. The van der Waals surface area contributed by atoms with Crippen LogP contribution in [0.4, 0.5) is 0 Å². The quantitative estimate of drug-likeness (QED) is 0.530. The molecule has 0 atom stereocenters. The third kappa shape index (κ3) is 1.29. The smallest absolute Gasteiger partial charge is 0.178 e. The van der Waals surface area contributed by atoms with Gasteiger partial charge in [-0.3, -0.25) is 4.79 Å². The third-order valence-electron chi connectivity index (χ3n) is 2.04. The average molecular weight is 184 g/mol. The first kappa shape index (κ1) is 8.58. The number of terminal acetylenes is 1. The number of hydrogen-bond acceptors (Lipinski definition) is 2. The van der Waals surface area contributed by atoms with E-state index in [1.807, 2.05) is 24.3 Å². The number of hydrogen-bond donors (Lipinski definition) is 0. The molecule has 0 N–H and O–H groups in total. The molecular formula is C12H8O2. The maximum absolute atomic E-state index is 11.5. The van der Waals surface area contributed by atoms with Crippen LogP contribution in [0.1, 0.15) is 16.8 Å². The van der Waals surface area contributed by atoms with Crippen molar-refractivity contribution in [1.82, 2.24) is 0 Å². The van der Waals surface area contributed by atoms with Crippen molar-refractivity contribution in [3.05, 3.63) is 36.1 Å². The summed E-state index contributed by atoms with van der Waals surface area (Å²) in [6.45, 7) is 0. The highest BCUT2D eigenvalue weighted by atomic mass is 16.3. The summed E-state index contributed by atoms with van der Waals surface area (Å²) in [5, 5.41) is 0.827. The molecule has 0 saturated heterocycles. The molecule has 1 aromatic carbocycles. The van der Waals surface area contributed by atoms with Gasteiger partial charge in [0, 0.05) is 5.39 Å². The fourth-order valence-corrected chi connectivity index (χ4v) is 1.38. The first-order chi connectivity index (χ1) is 6.83. The van der Waals surface area contributed by atoms with Gasteiger partial charge in [-0.1, -0.05) is 24.1 Å². The highest BCUT2D eigenvalue weighted by molar-refractivity contribution is 6.07. The van der Waals surface area contributed by atoms with E-state index >= 15 is 0 Å². The van der Waals surface area contributed by atoms with Gasteiger partial charge in [-0.25, -0.2) is 0 Å². The Labute approximate surface area is 81.5 Å². The second kappa shape index (κ2) is 3.39. The molecule has 68 valence electrons. The lowest BCUT2D eigenvalue weighted by molar-refractivity contribution is 0.0999. The Hall–Kier alpha value is -2.01. The maximum atomic E-state index is 11.5. The van der Waals surface area contributed by atoms with Gasteiger partial charge in [0.25, 0.3) is 0 Å². The van der Waals surface area contributed by atoms with Gasteiger partial charge in [0.15, 0.2) is 5.78 Å². The lowest BCUT2D eigenvalue weighted by atomic mass is 10.1. The molecule has 0 amide bonds. The van der Waals surface area contributed by atoms with E-state index in [0.29, 0.717) is 11.1 Å². The van der Waals surface area contributed by atoms with Crippen molar-refractivity contribution in [2.45, 2.75) is 6.42 Å². The molecule has 1 aromatic heterocycles. The molecule has 14 heavy (non-hydrogen) atoms. The van der Waals surface area contributed by atoms with Crippen LogP contribution in [0.2, 0.25) is 0 Å². The minimum Gasteiger partial charge on any atom is -0.464 e. The Kier molecular flexibility index (Phi) is 2.08. The Morgan fingerprint density at radius 2 is 2.21 bits per heavy atom. The molecular weight excluding hydrogens is 176 g/mol. The fraction of sp³-hybridized carbons (Fsp3) is 0.0833. The molecule has 0 aliphatic carbocycles. The molecule has 2 nitrogen and oxygen atoms in total. The molecule has 0 spiro atoms. The highest BCUT2D eigenvalue weighted by Gasteiger charge is 2.11. The molecule has 0 bridgehead atoms. The van der Waals surface area contributed by atoms with Crippen molar-refractivity contribution in [3.63, 3.8) is 0 Å². The zero-order valence-corrected chi connectivity index (χ0v) is 7.49. The summed E-state index contributed by atoms with van der Waals surface area (Å²) in [4.78, 5) is 11.5. The molecule has 0 fully saturated rings. The zero-order chi connectivity index (χ0) is 9.97. The Morgan fingerprint density at radius 3 is 3.00 bits per heavy atom. The first-order valence-electron chi connectivity index (χ1n) is 4.26. The summed E-state index contributed by atoms with van der Waals surface area (Å²) >= 11 is 0. The van der Waals surface area contributed by atoms with Crippen molar-refractivity contribution < 1.29 is 9.21 Å².